The van der Waals surface area contributed by atoms with Crippen molar-refractivity contribution in [2.45, 2.75) is 6.42 Å². The smallest absolute Gasteiger partial charge is 0.298 e. The van der Waals surface area contributed by atoms with Gasteiger partial charge in [0, 0.05) is 45.0 Å². The molecule has 192 valence electrons. The fourth-order valence-electron chi connectivity index (χ4n) is 4.47. The first-order valence-corrected chi connectivity index (χ1v) is 13.1. The highest BCUT2D eigenvalue weighted by molar-refractivity contribution is 8.18. The fraction of sp³-hybridized carbons (Fsp3) is 0.222. The number of hydrogen-bond acceptors (Lipinski definition) is 10. The van der Waals surface area contributed by atoms with Crippen LogP contribution in [0.15, 0.2) is 70.0 Å². The van der Waals surface area contributed by atoms with Crippen LogP contribution in [0, 0.1) is 0 Å². The number of carbonyl (C=O) groups excluding carboxylic acids is 2. The number of rotatable bonds is 5. The maximum atomic E-state index is 12.2. The molecule has 0 atom stereocenters. The Morgan fingerprint density at radius 1 is 0.947 bits per heavy atom. The van der Waals surface area contributed by atoms with Crippen molar-refractivity contribution in [2.24, 2.45) is 0 Å². The van der Waals surface area contributed by atoms with Crippen LogP contribution in [0.25, 0.3) is 17.2 Å². The molecule has 2 fully saturated rings. The summed E-state index contributed by atoms with van der Waals surface area (Å²) in [5, 5.41) is 1.91. The third-order valence-electron chi connectivity index (χ3n) is 6.46. The van der Waals surface area contributed by atoms with E-state index in [9.17, 15) is 9.59 Å². The van der Waals surface area contributed by atoms with E-state index in [1.807, 2.05) is 72.6 Å². The lowest BCUT2D eigenvalue weighted by Crippen LogP contribution is -2.32. The quantitative estimate of drug-likeness (QED) is 0.375. The van der Waals surface area contributed by atoms with Crippen LogP contribution < -0.4 is 20.0 Å². The van der Waals surface area contributed by atoms with Gasteiger partial charge >= 0.3 is 0 Å². The molecular formula is C27H25N7O3S. The lowest BCUT2D eigenvalue weighted by Gasteiger charge is -2.24. The van der Waals surface area contributed by atoms with E-state index in [1.165, 1.54) is 0 Å². The second-order valence-electron chi connectivity index (χ2n) is 8.99. The van der Waals surface area contributed by atoms with Crippen LogP contribution in [0.2, 0.25) is 0 Å². The first-order chi connectivity index (χ1) is 18.5. The lowest BCUT2D eigenvalue weighted by molar-refractivity contribution is -0.115. The molecule has 6 rings (SSSR count). The summed E-state index contributed by atoms with van der Waals surface area (Å²) in [5.41, 5.74) is 3.14. The van der Waals surface area contributed by atoms with Gasteiger partial charge in [-0.05, 0) is 48.5 Å². The van der Waals surface area contributed by atoms with Crippen LogP contribution in [-0.4, -0.2) is 59.3 Å². The van der Waals surface area contributed by atoms with Crippen molar-refractivity contribution < 1.29 is 14.0 Å². The lowest BCUT2D eigenvalue weighted by atomic mass is 10.2. The molecule has 4 aromatic rings. The minimum Gasteiger partial charge on any atom is -0.423 e. The minimum atomic E-state index is -0.415. The molecule has 11 heteroatoms. The van der Waals surface area contributed by atoms with Crippen molar-refractivity contribution in [1.29, 1.82) is 0 Å². The normalized spacial score (nSPS) is 17.2. The average molecular weight is 528 g/mol. The number of anilines is 4. The number of carbonyl (C=O) groups is 2. The highest BCUT2D eigenvalue weighted by Crippen LogP contribution is 2.29. The first-order valence-electron chi connectivity index (χ1n) is 12.3. The van der Waals surface area contributed by atoms with Gasteiger partial charge in [0.2, 0.25) is 5.95 Å². The largest absolute Gasteiger partial charge is 0.423 e. The van der Waals surface area contributed by atoms with Gasteiger partial charge in [-0.3, -0.25) is 14.9 Å². The van der Waals surface area contributed by atoms with E-state index in [2.05, 4.69) is 20.1 Å². The average Bonchev–Trinajstić information content (AvgIpc) is 3.40. The Kier molecular flexibility index (Phi) is 6.42. The van der Waals surface area contributed by atoms with Crippen LogP contribution in [0.5, 0.6) is 0 Å². The number of fused-ring (bicyclic) bond motifs is 1. The van der Waals surface area contributed by atoms with E-state index < -0.39 is 5.91 Å². The van der Waals surface area contributed by atoms with E-state index >= 15 is 0 Å². The molecule has 4 heterocycles. The van der Waals surface area contributed by atoms with Gasteiger partial charge in [-0.1, -0.05) is 30.3 Å². The van der Waals surface area contributed by atoms with Crippen molar-refractivity contribution in [3.8, 4) is 0 Å². The van der Waals surface area contributed by atoms with Gasteiger partial charge in [0.15, 0.2) is 5.58 Å². The molecule has 0 radical (unpaired) electrons. The summed E-state index contributed by atoms with van der Waals surface area (Å²) in [4.78, 5) is 44.8. The number of para-hydroxylation sites is 3. The van der Waals surface area contributed by atoms with E-state index in [0.717, 1.165) is 48.1 Å². The summed E-state index contributed by atoms with van der Waals surface area (Å²) < 4.78 is 6.00. The molecule has 2 saturated heterocycles. The number of oxazole rings is 1. The van der Waals surface area contributed by atoms with Crippen molar-refractivity contribution in [1.82, 2.24) is 20.3 Å². The summed E-state index contributed by atoms with van der Waals surface area (Å²) in [7, 11) is 1.94. The van der Waals surface area contributed by atoms with Crippen molar-refractivity contribution in [3.05, 3.63) is 71.3 Å². The molecular weight excluding hydrogens is 502 g/mol. The van der Waals surface area contributed by atoms with Gasteiger partial charge in [0.25, 0.3) is 17.2 Å². The van der Waals surface area contributed by atoms with Crippen molar-refractivity contribution in [2.75, 3.05) is 47.9 Å². The summed E-state index contributed by atoms with van der Waals surface area (Å²) in [6.45, 7) is 2.90. The SMILES string of the molecule is CN(c1ccccc1)c1cc(/C=C2\SC(=O)NC2=O)nc(N2CCCN(c3nc4ccccc4o3)CC2)n1. The second-order valence-corrected chi connectivity index (χ2v) is 10.0. The molecule has 10 nitrogen and oxygen atoms in total. The standard InChI is InChI=1S/C27H25N7O3S/c1-32(19-8-3-2-4-9-19)23-17-18(16-22-24(35)31-27(36)38-22)28-25(30-23)33-12-7-13-34(15-14-33)26-29-20-10-5-6-11-21(20)37-26/h2-6,8-11,16-17H,7,12-15H2,1H3,(H,31,35,36)/b22-16-. The van der Waals surface area contributed by atoms with E-state index in [4.69, 9.17) is 14.4 Å². The van der Waals surface area contributed by atoms with E-state index in [0.29, 0.717) is 41.5 Å². The van der Waals surface area contributed by atoms with Gasteiger partial charge in [0.1, 0.15) is 11.3 Å². The van der Waals surface area contributed by atoms with Gasteiger partial charge in [0.05, 0.1) is 10.6 Å². The summed E-state index contributed by atoms with van der Waals surface area (Å²) in [6.07, 6.45) is 2.50. The molecule has 1 N–H and O–H groups in total. The number of hydrogen-bond donors (Lipinski definition) is 1. The Hall–Kier alpha value is -4.38. The molecule has 0 unspecified atom stereocenters. The predicted octanol–water partition coefficient (Wildman–Crippen LogP) is 4.43. The maximum Gasteiger partial charge on any atom is 0.298 e. The fourth-order valence-corrected chi connectivity index (χ4v) is 5.14. The Balaban J connectivity index is 1.30. The summed E-state index contributed by atoms with van der Waals surface area (Å²) >= 11 is 0.873. The zero-order chi connectivity index (χ0) is 26.1. The molecule has 2 aliphatic heterocycles. The van der Waals surface area contributed by atoms with Gasteiger partial charge < -0.3 is 19.1 Å². The van der Waals surface area contributed by atoms with Gasteiger partial charge in [-0.2, -0.15) is 9.97 Å². The number of imide groups is 1. The first kappa shape index (κ1) is 24.0. The maximum absolute atomic E-state index is 12.2. The number of benzene rings is 2. The number of nitrogens with zero attached hydrogens (tertiary/aromatic N) is 6. The molecule has 2 aromatic heterocycles. The summed E-state index contributed by atoms with van der Waals surface area (Å²) in [5.74, 6) is 0.830. The number of amides is 2. The highest BCUT2D eigenvalue weighted by Gasteiger charge is 2.26. The molecule has 0 bridgehead atoms. The van der Waals surface area contributed by atoms with E-state index in [-0.39, 0.29) is 5.24 Å². The Labute approximate surface area is 223 Å². The third-order valence-corrected chi connectivity index (χ3v) is 7.27. The molecule has 0 aliphatic carbocycles. The Morgan fingerprint density at radius 2 is 1.71 bits per heavy atom. The predicted molar refractivity (Wildman–Crippen MR) is 149 cm³/mol. The van der Waals surface area contributed by atoms with E-state index in [1.54, 1.807) is 6.08 Å². The second kappa shape index (κ2) is 10.2. The molecule has 2 aliphatic rings. The van der Waals surface area contributed by atoms with Crippen LogP contribution in [0.1, 0.15) is 12.1 Å². The molecule has 2 aromatic carbocycles. The van der Waals surface area contributed by atoms with Crippen LogP contribution in [-0.2, 0) is 4.79 Å². The molecule has 2 amide bonds. The minimum absolute atomic E-state index is 0.311. The molecule has 0 saturated carbocycles. The topological polar surface area (TPSA) is 108 Å². The number of nitrogens with one attached hydrogen (secondary N) is 1. The third kappa shape index (κ3) is 4.92. The number of thioether (sulfide) groups is 1. The Bertz CT molecular complexity index is 1510. The van der Waals surface area contributed by atoms with Crippen LogP contribution in [0.4, 0.5) is 28.3 Å². The zero-order valence-electron chi connectivity index (χ0n) is 20.7. The van der Waals surface area contributed by atoms with Crippen LogP contribution >= 0.6 is 11.8 Å². The monoisotopic (exact) mass is 527 g/mol. The van der Waals surface area contributed by atoms with Crippen molar-refractivity contribution >= 4 is 63.6 Å². The van der Waals surface area contributed by atoms with Gasteiger partial charge in [-0.15, -0.1) is 0 Å². The van der Waals surface area contributed by atoms with Crippen molar-refractivity contribution in [3.63, 3.8) is 0 Å². The summed E-state index contributed by atoms with van der Waals surface area (Å²) in [6, 6.07) is 20.1. The number of aromatic nitrogens is 3. The molecule has 0 spiro atoms. The van der Waals surface area contributed by atoms with Gasteiger partial charge in [-0.25, -0.2) is 4.98 Å². The Morgan fingerprint density at radius 3 is 2.50 bits per heavy atom. The van der Waals surface area contributed by atoms with Crippen LogP contribution in [0.3, 0.4) is 0 Å². The molecule has 38 heavy (non-hydrogen) atoms. The highest BCUT2D eigenvalue weighted by atomic mass is 32.2. The zero-order valence-corrected chi connectivity index (χ0v) is 21.5.